The number of para-hydroxylation sites is 1. The minimum absolute atomic E-state index is 0.119. The van der Waals surface area contributed by atoms with E-state index in [0.717, 1.165) is 16.6 Å². The van der Waals surface area contributed by atoms with Crippen LogP contribution in [0.5, 0.6) is 0 Å². The summed E-state index contributed by atoms with van der Waals surface area (Å²) < 4.78 is 0. The van der Waals surface area contributed by atoms with Gasteiger partial charge in [-0.05, 0) is 18.2 Å². The van der Waals surface area contributed by atoms with Crippen molar-refractivity contribution in [2.75, 3.05) is 0 Å². The highest BCUT2D eigenvalue weighted by molar-refractivity contribution is 6.05. The summed E-state index contributed by atoms with van der Waals surface area (Å²) in [6.07, 6.45) is 4.94. The Balaban J connectivity index is 1.79. The number of nitrogens with zero attached hydrogens (tertiary/aromatic N) is 2. The fraction of sp³-hybridized carbons (Fsp3) is 0.0714. The molecule has 0 unspecified atom stereocenters. The number of nitrogens with one attached hydrogen (secondary N) is 2. The van der Waals surface area contributed by atoms with Crippen LogP contribution in [0.15, 0.2) is 49.1 Å². The molecule has 3 rings (SSSR count). The van der Waals surface area contributed by atoms with E-state index >= 15 is 0 Å². The quantitative estimate of drug-likeness (QED) is 0.747. The lowest BCUT2D eigenvalue weighted by Gasteiger charge is -2.05. The molecule has 0 radical (unpaired) electrons. The smallest absolute Gasteiger partial charge is 0.253 e. The fourth-order valence-corrected chi connectivity index (χ4v) is 1.96. The first kappa shape index (κ1) is 11.4. The van der Waals surface area contributed by atoms with Crippen molar-refractivity contribution < 1.29 is 4.79 Å². The van der Waals surface area contributed by atoms with Gasteiger partial charge in [0.05, 0.1) is 23.3 Å². The van der Waals surface area contributed by atoms with Crippen molar-refractivity contribution in [2.24, 2.45) is 0 Å². The van der Waals surface area contributed by atoms with Crippen LogP contribution in [0, 0.1) is 0 Å². The summed E-state index contributed by atoms with van der Waals surface area (Å²) in [4.78, 5) is 23.1. The van der Waals surface area contributed by atoms with E-state index in [1.54, 1.807) is 18.3 Å². The van der Waals surface area contributed by atoms with E-state index in [-0.39, 0.29) is 5.91 Å². The van der Waals surface area contributed by atoms with E-state index in [9.17, 15) is 4.79 Å². The molecule has 2 N–H and O–H groups in total. The number of carbonyl (C=O) groups excluding carboxylic acids is 1. The third kappa shape index (κ3) is 2.30. The Morgan fingerprint density at radius 2 is 2.21 bits per heavy atom. The van der Waals surface area contributed by atoms with Gasteiger partial charge < -0.3 is 10.3 Å². The van der Waals surface area contributed by atoms with E-state index in [0.29, 0.717) is 12.1 Å². The maximum Gasteiger partial charge on any atom is 0.253 e. The summed E-state index contributed by atoms with van der Waals surface area (Å²) in [5.74, 6) is -0.119. The van der Waals surface area contributed by atoms with Crippen LogP contribution in [0.3, 0.4) is 0 Å². The number of fused-ring (bicyclic) bond motifs is 1. The number of hydrogen-bond acceptors (Lipinski definition) is 3. The van der Waals surface area contributed by atoms with E-state index in [1.807, 2.05) is 24.4 Å². The van der Waals surface area contributed by atoms with Gasteiger partial charge in [-0.1, -0.05) is 12.1 Å². The molecule has 0 saturated carbocycles. The zero-order chi connectivity index (χ0) is 13.1. The number of hydrogen-bond donors (Lipinski definition) is 2. The molecule has 1 aromatic carbocycles. The number of H-pyrrole nitrogens is 1. The van der Waals surface area contributed by atoms with Crippen molar-refractivity contribution in [3.8, 4) is 0 Å². The van der Waals surface area contributed by atoms with E-state index in [2.05, 4.69) is 20.3 Å². The molecule has 0 saturated heterocycles. The van der Waals surface area contributed by atoms with E-state index in [1.165, 1.54) is 6.33 Å². The molecule has 5 heteroatoms. The topological polar surface area (TPSA) is 70.7 Å². The molecule has 19 heavy (non-hydrogen) atoms. The third-order valence-electron chi connectivity index (χ3n) is 2.91. The lowest BCUT2D eigenvalue weighted by molar-refractivity contribution is 0.0952. The van der Waals surface area contributed by atoms with Crippen LogP contribution in [0.4, 0.5) is 0 Å². The molecule has 0 atom stereocenters. The molecular formula is C14H12N4O. The Morgan fingerprint density at radius 1 is 1.26 bits per heavy atom. The van der Waals surface area contributed by atoms with Crippen molar-refractivity contribution in [3.63, 3.8) is 0 Å². The van der Waals surface area contributed by atoms with Gasteiger partial charge in [0.1, 0.15) is 6.33 Å². The maximum absolute atomic E-state index is 12.2. The molecule has 0 bridgehead atoms. The van der Waals surface area contributed by atoms with Crippen LogP contribution in [0.2, 0.25) is 0 Å². The predicted molar refractivity (Wildman–Crippen MR) is 71.5 cm³/mol. The second-order valence-electron chi connectivity index (χ2n) is 4.13. The van der Waals surface area contributed by atoms with Gasteiger partial charge >= 0.3 is 0 Å². The van der Waals surface area contributed by atoms with Crippen LogP contribution in [-0.4, -0.2) is 20.9 Å². The molecule has 94 valence electrons. The van der Waals surface area contributed by atoms with Crippen LogP contribution in [0.25, 0.3) is 10.9 Å². The van der Waals surface area contributed by atoms with Crippen LogP contribution in [0.1, 0.15) is 16.1 Å². The summed E-state index contributed by atoms with van der Waals surface area (Å²) in [5, 5.41) is 3.87. The molecule has 5 nitrogen and oxygen atoms in total. The second-order valence-corrected chi connectivity index (χ2v) is 4.13. The summed E-state index contributed by atoms with van der Waals surface area (Å²) in [6.45, 7) is 0.387. The van der Waals surface area contributed by atoms with Crippen molar-refractivity contribution in [2.45, 2.75) is 6.54 Å². The molecule has 0 aliphatic carbocycles. The van der Waals surface area contributed by atoms with Gasteiger partial charge in [0, 0.05) is 17.8 Å². The van der Waals surface area contributed by atoms with Crippen molar-refractivity contribution in [3.05, 3.63) is 60.3 Å². The summed E-state index contributed by atoms with van der Waals surface area (Å²) in [6, 6.07) is 9.35. The Bertz CT molecular complexity index is 706. The SMILES string of the molecule is O=C(NCc1ccncn1)c1cccc2cc[nH]c12. The predicted octanol–water partition coefficient (Wildman–Crippen LogP) is 1.89. The number of rotatable bonds is 3. The van der Waals surface area contributed by atoms with Crippen molar-refractivity contribution in [1.29, 1.82) is 0 Å². The summed E-state index contributed by atoms with van der Waals surface area (Å²) in [5.41, 5.74) is 2.27. The zero-order valence-corrected chi connectivity index (χ0v) is 10.1. The van der Waals surface area contributed by atoms with Crippen LogP contribution >= 0.6 is 0 Å². The number of aromatic amines is 1. The molecule has 0 fully saturated rings. The molecule has 1 amide bonds. The van der Waals surface area contributed by atoms with Crippen molar-refractivity contribution in [1.82, 2.24) is 20.3 Å². The zero-order valence-electron chi connectivity index (χ0n) is 10.1. The monoisotopic (exact) mass is 252 g/mol. The normalized spacial score (nSPS) is 10.5. The molecular weight excluding hydrogens is 240 g/mol. The summed E-state index contributed by atoms with van der Waals surface area (Å²) >= 11 is 0. The molecule has 2 aromatic heterocycles. The average molecular weight is 252 g/mol. The van der Waals surface area contributed by atoms with Gasteiger partial charge in [-0.25, -0.2) is 9.97 Å². The largest absolute Gasteiger partial charge is 0.361 e. The summed E-state index contributed by atoms with van der Waals surface area (Å²) in [7, 11) is 0. The average Bonchev–Trinajstić information content (AvgIpc) is 2.94. The first-order valence-electron chi connectivity index (χ1n) is 5.94. The van der Waals surface area contributed by atoms with Gasteiger partial charge in [0.15, 0.2) is 0 Å². The molecule has 2 heterocycles. The molecule has 0 aliphatic rings. The molecule has 3 aromatic rings. The molecule has 0 spiro atoms. The Kier molecular flexibility index (Phi) is 2.94. The molecule has 0 aliphatic heterocycles. The number of benzene rings is 1. The van der Waals surface area contributed by atoms with E-state index < -0.39 is 0 Å². The van der Waals surface area contributed by atoms with Gasteiger partial charge in [-0.3, -0.25) is 4.79 Å². The van der Waals surface area contributed by atoms with Gasteiger partial charge in [0.25, 0.3) is 5.91 Å². The highest BCUT2D eigenvalue weighted by Gasteiger charge is 2.10. The maximum atomic E-state index is 12.2. The lowest BCUT2D eigenvalue weighted by atomic mass is 10.1. The first-order chi connectivity index (χ1) is 9.34. The standard InChI is InChI=1S/C14H12N4O/c19-14(17-8-11-5-6-15-9-18-11)12-3-1-2-10-4-7-16-13(10)12/h1-7,9,16H,8H2,(H,17,19). The number of aromatic nitrogens is 3. The minimum Gasteiger partial charge on any atom is -0.361 e. The van der Waals surface area contributed by atoms with Gasteiger partial charge in [-0.2, -0.15) is 0 Å². The van der Waals surface area contributed by atoms with Crippen LogP contribution in [-0.2, 0) is 6.54 Å². The van der Waals surface area contributed by atoms with Crippen molar-refractivity contribution >= 4 is 16.8 Å². The third-order valence-corrected chi connectivity index (χ3v) is 2.91. The van der Waals surface area contributed by atoms with Crippen LogP contribution < -0.4 is 5.32 Å². The van der Waals surface area contributed by atoms with Gasteiger partial charge in [-0.15, -0.1) is 0 Å². The Hall–Kier alpha value is -2.69. The Morgan fingerprint density at radius 3 is 3.05 bits per heavy atom. The van der Waals surface area contributed by atoms with E-state index in [4.69, 9.17) is 0 Å². The number of amides is 1. The Labute approximate surface area is 109 Å². The first-order valence-corrected chi connectivity index (χ1v) is 5.94. The minimum atomic E-state index is -0.119. The number of carbonyl (C=O) groups is 1. The lowest BCUT2D eigenvalue weighted by Crippen LogP contribution is -2.23. The second kappa shape index (κ2) is 4.89. The highest BCUT2D eigenvalue weighted by Crippen LogP contribution is 2.16. The highest BCUT2D eigenvalue weighted by atomic mass is 16.1. The van der Waals surface area contributed by atoms with Gasteiger partial charge in [0.2, 0.25) is 0 Å². The fourth-order valence-electron chi connectivity index (χ4n) is 1.96.